The maximum Gasteiger partial charge on any atom is 0.227 e. The molecule has 9 heteroatoms. The summed E-state index contributed by atoms with van der Waals surface area (Å²) in [6, 6.07) is 13.9. The minimum absolute atomic E-state index is 0.0224. The average molecular weight is 559 g/mol. The van der Waals surface area contributed by atoms with Crippen molar-refractivity contribution in [1.29, 1.82) is 5.26 Å². The molecule has 1 amide bonds. The van der Waals surface area contributed by atoms with E-state index in [1.165, 1.54) is 0 Å². The van der Waals surface area contributed by atoms with E-state index in [-0.39, 0.29) is 24.3 Å². The van der Waals surface area contributed by atoms with Gasteiger partial charge >= 0.3 is 0 Å². The van der Waals surface area contributed by atoms with Gasteiger partial charge in [-0.3, -0.25) is 9.69 Å². The Labute approximate surface area is 240 Å². The summed E-state index contributed by atoms with van der Waals surface area (Å²) in [5.41, 5.74) is 5.19. The molecule has 0 bridgehead atoms. The van der Waals surface area contributed by atoms with Crippen molar-refractivity contribution in [2.75, 3.05) is 38.1 Å². The standard InChI is InChI=1S/C31H35ClN6O2/c1-20(2)37-10-12-38(13-11-37)29(40)16-21-4-5-24(32)17-28(21)36-30-34-9-7-27(35-30)22-14-23(18-33)25-6-8-31(3,19-39)26(25)15-22/h4-5,7,9,14-15,17,20,39H,6,8,10-13,16,19H2,1-3H3,(H,34,35,36). The van der Waals surface area contributed by atoms with Crippen LogP contribution in [0.15, 0.2) is 42.6 Å². The van der Waals surface area contributed by atoms with Gasteiger partial charge in [0.1, 0.15) is 0 Å². The van der Waals surface area contributed by atoms with Crippen LogP contribution in [-0.4, -0.2) is 69.6 Å². The molecule has 2 aromatic carbocycles. The third kappa shape index (κ3) is 5.68. The Morgan fingerprint density at radius 1 is 1.20 bits per heavy atom. The number of piperazine rings is 1. The van der Waals surface area contributed by atoms with Crippen molar-refractivity contribution in [3.05, 3.63) is 69.9 Å². The predicted molar refractivity (Wildman–Crippen MR) is 157 cm³/mol. The Bertz CT molecular complexity index is 1460. The number of carbonyl (C=O) groups excluding carboxylic acids is 1. The summed E-state index contributed by atoms with van der Waals surface area (Å²) in [6.45, 7) is 9.61. The monoisotopic (exact) mass is 558 g/mol. The van der Waals surface area contributed by atoms with Crippen molar-refractivity contribution in [1.82, 2.24) is 19.8 Å². The molecule has 1 aliphatic heterocycles. The lowest BCUT2D eigenvalue weighted by atomic mass is 9.83. The molecule has 8 nitrogen and oxygen atoms in total. The van der Waals surface area contributed by atoms with E-state index in [1.807, 2.05) is 30.0 Å². The molecule has 1 aliphatic carbocycles. The van der Waals surface area contributed by atoms with Crippen LogP contribution in [0.25, 0.3) is 11.3 Å². The van der Waals surface area contributed by atoms with Gasteiger partial charge in [-0.15, -0.1) is 0 Å². The highest BCUT2D eigenvalue weighted by Crippen LogP contribution is 2.42. The van der Waals surface area contributed by atoms with E-state index in [4.69, 9.17) is 16.6 Å². The Morgan fingerprint density at radius 3 is 2.67 bits per heavy atom. The van der Waals surface area contributed by atoms with Crippen molar-refractivity contribution < 1.29 is 9.90 Å². The first-order valence-electron chi connectivity index (χ1n) is 13.8. The molecule has 1 atom stereocenters. The second-order valence-electron chi connectivity index (χ2n) is 11.3. The number of nitrogens with one attached hydrogen (secondary N) is 1. The zero-order valence-electron chi connectivity index (χ0n) is 23.2. The Morgan fingerprint density at radius 2 is 1.98 bits per heavy atom. The number of aliphatic hydroxyl groups excluding tert-OH is 1. The van der Waals surface area contributed by atoms with E-state index in [2.05, 4.69) is 35.1 Å². The van der Waals surface area contributed by atoms with Crippen LogP contribution < -0.4 is 5.32 Å². The number of benzene rings is 2. The lowest BCUT2D eigenvalue weighted by Crippen LogP contribution is -2.51. The third-order valence-electron chi connectivity index (χ3n) is 8.31. The van der Waals surface area contributed by atoms with Crippen LogP contribution in [0, 0.1) is 11.3 Å². The maximum absolute atomic E-state index is 13.2. The van der Waals surface area contributed by atoms with Crippen LogP contribution in [0.4, 0.5) is 11.6 Å². The fraction of sp³-hybridized carbons (Fsp3) is 0.419. The third-order valence-corrected chi connectivity index (χ3v) is 8.54. The topological polar surface area (TPSA) is 105 Å². The number of halogens is 1. The number of rotatable bonds is 7. The summed E-state index contributed by atoms with van der Waals surface area (Å²) >= 11 is 6.34. The first-order valence-corrected chi connectivity index (χ1v) is 14.2. The van der Waals surface area contributed by atoms with Gasteiger partial charge in [-0.1, -0.05) is 24.6 Å². The number of hydrogen-bond acceptors (Lipinski definition) is 7. The minimum atomic E-state index is -0.380. The minimum Gasteiger partial charge on any atom is -0.395 e. The number of fused-ring (bicyclic) bond motifs is 1. The number of nitrogens with zero attached hydrogens (tertiary/aromatic N) is 5. The molecule has 0 spiro atoms. The number of aliphatic hydroxyl groups is 1. The van der Waals surface area contributed by atoms with Crippen molar-refractivity contribution in [2.24, 2.45) is 0 Å². The summed E-state index contributed by atoms with van der Waals surface area (Å²) in [5.74, 6) is 0.445. The van der Waals surface area contributed by atoms with Gasteiger partial charge in [0.05, 0.1) is 30.4 Å². The van der Waals surface area contributed by atoms with E-state index in [1.54, 1.807) is 24.4 Å². The zero-order chi connectivity index (χ0) is 28.4. The van der Waals surface area contributed by atoms with Gasteiger partial charge in [0.2, 0.25) is 11.9 Å². The molecule has 1 fully saturated rings. The number of amides is 1. The summed E-state index contributed by atoms with van der Waals surface area (Å²) in [5, 5.41) is 23.7. The maximum atomic E-state index is 13.2. The first kappa shape index (κ1) is 28.0. The van der Waals surface area contributed by atoms with Crippen molar-refractivity contribution >= 4 is 29.1 Å². The van der Waals surface area contributed by atoms with E-state index in [9.17, 15) is 15.2 Å². The van der Waals surface area contributed by atoms with E-state index < -0.39 is 0 Å². The van der Waals surface area contributed by atoms with E-state index in [0.717, 1.165) is 61.3 Å². The Balaban J connectivity index is 1.38. The molecular weight excluding hydrogens is 524 g/mol. The second kappa shape index (κ2) is 11.5. The van der Waals surface area contributed by atoms with Crippen LogP contribution in [0.2, 0.25) is 5.02 Å². The molecule has 0 radical (unpaired) electrons. The van der Waals surface area contributed by atoms with Crippen molar-refractivity contribution in [2.45, 2.75) is 51.5 Å². The second-order valence-corrected chi connectivity index (χ2v) is 11.7. The lowest BCUT2D eigenvalue weighted by molar-refractivity contribution is -0.132. The average Bonchev–Trinajstić information content (AvgIpc) is 3.31. The van der Waals surface area contributed by atoms with Crippen LogP contribution in [0.5, 0.6) is 0 Å². The fourth-order valence-electron chi connectivity index (χ4n) is 5.71. The van der Waals surface area contributed by atoms with E-state index in [0.29, 0.717) is 34.0 Å². The van der Waals surface area contributed by atoms with Gasteiger partial charge in [-0.25, -0.2) is 9.97 Å². The molecule has 5 rings (SSSR count). The van der Waals surface area contributed by atoms with Gasteiger partial charge in [0.15, 0.2) is 0 Å². The number of nitriles is 1. The largest absolute Gasteiger partial charge is 0.395 e. The van der Waals surface area contributed by atoms with E-state index >= 15 is 0 Å². The molecule has 1 aromatic heterocycles. The first-order chi connectivity index (χ1) is 19.2. The van der Waals surface area contributed by atoms with Crippen LogP contribution in [0.1, 0.15) is 49.4 Å². The van der Waals surface area contributed by atoms with Crippen LogP contribution >= 0.6 is 11.6 Å². The number of hydrogen-bond donors (Lipinski definition) is 2. The highest BCUT2D eigenvalue weighted by Gasteiger charge is 2.35. The quantitative estimate of drug-likeness (QED) is 0.433. The summed E-state index contributed by atoms with van der Waals surface area (Å²) in [7, 11) is 0. The highest BCUT2D eigenvalue weighted by atomic mass is 35.5. The van der Waals surface area contributed by atoms with Crippen LogP contribution in [-0.2, 0) is 23.1 Å². The summed E-state index contributed by atoms with van der Waals surface area (Å²) in [6.07, 6.45) is 3.49. The molecular formula is C31H35ClN6O2. The van der Waals surface area contributed by atoms with Gasteiger partial charge in [-0.2, -0.15) is 5.26 Å². The van der Waals surface area contributed by atoms with Gasteiger partial charge in [0.25, 0.3) is 0 Å². The molecule has 0 saturated carbocycles. The number of carbonyl (C=O) groups is 1. The molecule has 208 valence electrons. The number of aromatic nitrogens is 2. The summed E-state index contributed by atoms with van der Waals surface area (Å²) < 4.78 is 0. The predicted octanol–water partition coefficient (Wildman–Crippen LogP) is 4.70. The zero-order valence-corrected chi connectivity index (χ0v) is 24.0. The van der Waals surface area contributed by atoms with Gasteiger partial charge in [0, 0.05) is 60.1 Å². The molecule has 1 saturated heterocycles. The van der Waals surface area contributed by atoms with Crippen molar-refractivity contribution in [3.8, 4) is 17.3 Å². The SMILES string of the molecule is CC(C)N1CCN(C(=O)Cc2ccc(Cl)cc2Nc2nccc(-c3cc(C#N)c4c(c3)C(C)(CO)CC4)n2)CC1. The highest BCUT2D eigenvalue weighted by molar-refractivity contribution is 6.30. The summed E-state index contributed by atoms with van der Waals surface area (Å²) in [4.78, 5) is 26.6. The molecule has 2 aliphatic rings. The van der Waals surface area contributed by atoms with Crippen LogP contribution in [0.3, 0.4) is 0 Å². The molecule has 3 aromatic rings. The molecule has 2 N–H and O–H groups in total. The van der Waals surface area contributed by atoms with Gasteiger partial charge in [-0.05, 0) is 73.7 Å². The smallest absolute Gasteiger partial charge is 0.227 e. The molecule has 40 heavy (non-hydrogen) atoms. The van der Waals surface area contributed by atoms with Gasteiger partial charge < -0.3 is 15.3 Å². The molecule has 1 unspecified atom stereocenters. The van der Waals surface area contributed by atoms with Crippen molar-refractivity contribution in [3.63, 3.8) is 0 Å². The lowest BCUT2D eigenvalue weighted by Gasteiger charge is -2.37. The fourth-order valence-corrected chi connectivity index (χ4v) is 5.88. The molecule has 2 heterocycles. The number of anilines is 2. The normalized spacial score (nSPS) is 19.0. The Kier molecular flexibility index (Phi) is 8.09. The Hall–Kier alpha value is -3.51.